The monoisotopic (exact) mass is 308 g/mol. The molecular formula is C16H15F3N2O. The van der Waals surface area contributed by atoms with Crippen molar-refractivity contribution in [2.45, 2.75) is 31.3 Å². The van der Waals surface area contributed by atoms with E-state index in [9.17, 15) is 18.3 Å². The minimum atomic E-state index is -4.38. The van der Waals surface area contributed by atoms with Crippen molar-refractivity contribution in [1.82, 2.24) is 10.3 Å². The van der Waals surface area contributed by atoms with Gasteiger partial charge in [0.2, 0.25) is 0 Å². The quantitative estimate of drug-likeness (QED) is 0.916. The lowest BCUT2D eigenvalue weighted by atomic mass is 10.1. The Hall–Kier alpha value is -1.92. The van der Waals surface area contributed by atoms with E-state index in [1.807, 2.05) is 24.3 Å². The van der Waals surface area contributed by atoms with E-state index in [4.69, 9.17) is 0 Å². The summed E-state index contributed by atoms with van der Waals surface area (Å²) in [6.07, 6.45) is -3.50. The van der Waals surface area contributed by atoms with Crippen LogP contribution in [-0.4, -0.2) is 16.2 Å². The Bertz CT molecular complexity index is 655. The van der Waals surface area contributed by atoms with Crippen molar-refractivity contribution in [2.75, 3.05) is 0 Å². The molecule has 0 bridgehead atoms. The highest BCUT2D eigenvalue weighted by molar-refractivity contribution is 5.36. The van der Waals surface area contributed by atoms with Crippen molar-refractivity contribution in [1.29, 1.82) is 0 Å². The zero-order valence-corrected chi connectivity index (χ0v) is 11.6. The summed E-state index contributed by atoms with van der Waals surface area (Å²) in [5.74, 6) is 0. The fourth-order valence-electron chi connectivity index (χ4n) is 2.73. The molecule has 0 spiro atoms. The molecule has 6 heteroatoms. The molecule has 1 heterocycles. The number of halogens is 3. The highest BCUT2D eigenvalue weighted by Gasteiger charge is 2.31. The first-order valence-corrected chi connectivity index (χ1v) is 6.96. The SMILES string of the molecule is O[C@@H]1Cc2ccccc2C1NCc1ccc(C(F)(F)F)cn1. The van der Waals surface area contributed by atoms with E-state index in [2.05, 4.69) is 10.3 Å². The molecule has 1 aliphatic rings. The molecule has 116 valence electrons. The summed E-state index contributed by atoms with van der Waals surface area (Å²) in [4.78, 5) is 3.82. The van der Waals surface area contributed by atoms with Gasteiger partial charge in [-0.3, -0.25) is 4.98 Å². The average Bonchev–Trinajstić information content (AvgIpc) is 2.80. The highest BCUT2D eigenvalue weighted by atomic mass is 19.4. The Morgan fingerprint density at radius 2 is 1.95 bits per heavy atom. The van der Waals surface area contributed by atoms with E-state index < -0.39 is 17.8 Å². The maximum Gasteiger partial charge on any atom is 0.417 e. The van der Waals surface area contributed by atoms with Gasteiger partial charge >= 0.3 is 6.18 Å². The molecule has 3 rings (SSSR count). The van der Waals surface area contributed by atoms with Crippen molar-refractivity contribution in [3.63, 3.8) is 0 Å². The number of hydrogen-bond donors (Lipinski definition) is 2. The van der Waals surface area contributed by atoms with Crippen LogP contribution >= 0.6 is 0 Å². The van der Waals surface area contributed by atoms with Crippen LogP contribution in [0.1, 0.15) is 28.4 Å². The maximum absolute atomic E-state index is 12.5. The normalized spacial score (nSPS) is 20.9. The number of rotatable bonds is 3. The molecule has 0 aliphatic heterocycles. The van der Waals surface area contributed by atoms with Gasteiger partial charge in [-0.2, -0.15) is 13.2 Å². The Labute approximate surface area is 125 Å². The Morgan fingerprint density at radius 3 is 2.64 bits per heavy atom. The summed E-state index contributed by atoms with van der Waals surface area (Å²) >= 11 is 0. The first kappa shape index (κ1) is 15.0. The van der Waals surface area contributed by atoms with Gasteiger partial charge in [0.05, 0.1) is 23.4 Å². The topological polar surface area (TPSA) is 45.1 Å². The van der Waals surface area contributed by atoms with Crippen LogP contribution in [0.25, 0.3) is 0 Å². The van der Waals surface area contributed by atoms with Crippen LogP contribution in [0.2, 0.25) is 0 Å². The zero-order valence-electron chi connectivity index (χ0n) is 11.6. The lowest BCUT2D eigenvalue weighted by molar-refractivity contribution is -0.137. The van der Waals surface area contributed by atoms with Gasteiger partial charge in [-0.05, 0) is 23.3 Å². The van der Waals surface area contributed by atoms with Crippen LogP contribution in [0.3, 0.4) is 0 Å². The van der Waals surface area contributed by atoms with Crippen molar-refractivity contribution in [2.24, 2.45) is 0 Å². The molecule has 1 unspecified atom stereocenters. The van der Waals surface area contributed by atoms with E-state index >= 15 is 0 Å². The summed E-state index contributed by atoms with van der Waals surface area (Å²) in [5.41, 5.74) is 1.86. The Balaban J connectivity index is 1.68. The van der Waals surface area contributed by atoms with E-state index in [-0.39, 0.29) is 6.04 Å². The molecule has 0 amide bonds. The largest absolute Gasteiger partial charge is 0.417 e. The minimum absolute atomic E-state index is 0.222. The van der Waals surface area contributed by atoms with Gasteiger partial charge < -0.3 is 10.4 Å². The van der Waals surface area contributed by atoms with E-state index in [1.165, 1.54) is 6.07 Å². The van der Waals surface area contributed by atoms with Gasteiger partial charge in [0.25, 0.3) is 0 Å². The molecule has 1 aliphatic carbocycles. The predicted octanol–water partition coefficient (Wildman–Crippen LogP) is 2.85. The minimum Gasteiger partial charge on any atom is -0.391 e. The van der Waals surface area contributed by atoms with E-state index in [0.717, 1.165) is 23.4 Å². The summed E-state index contributed by atoms with van der Waals surface area (Å²) in [5, 5.41) is 13.3. The molecule has 0 radical (unpaired) electrons. The van der Waals surface area contributed by atoms with Gasteiger partial charge in [-0.1, -0.05) is 24.3 Å². The lowest BCUT2D eigenvalue weighted by Gasteiger charge is -2.17. The molecule has 3 nitrogen and oxygen atoms in total. The van der Waals surface area contributed by atoms with E-state index in [1.54, 1.807) is 0 Å². The van der Waals surface area contributed by atoms with Crippen molar-refractivity contribution >= 4 is 0 Å². The van der Waals surface area contributed by atoms with Crippen LogP contribution in [0.5, 0.6) is 0 Å². The van der Waals surface area contributed by atoms with Gasteiger partial charge in [0.1, 0.15) is 0 Å². The first-order valence-electron chi connectivity index (χ1n) is 6.96. The van der Waals surface area contributed by atoms with Crippen molar-refractivity contribution in [3.05, 3.63) is 65.0 Å². The Morgan fingerprint density at radius 1 is 1.18 bits per heavy atom. The summed E-state index contributed by atoms with van der Waals surface area (Å²) in [6, 6.07) is 9.89. The third-order valence-corrected chi connectivity index (χ3v) is 3.86. The number of aliphatic hydroxyl groups excluding tert-OH is 1. The molecule has 0 saturated carbocycles. The second kappa shape index (κ2) is 5.70. The Kier molecular flexibility index (Phi) is 3.88. The second-order valence-electron chi connectivity index (χ2n) is 5.36. The highest BCUT2D eigenvalue weighted by Crippen LogP contribution is 2.31. The molecule has 22 heavy (non-hydrogen) atoms. The van der Waals surface area contributed by atoms with Crippen LogP contribution in [0, 0.1) is 0 Å². The lowest BCUT2D eigenvalue weighted by Crippen LogP contribution is -2.28. The third kappa shape index (κ3) is 2.98. The molecule has 2 atom stereocenters. The third-order valence-electron chi connectivity index (χ3n) is 3.86. The number of nitrogens with zero attached hydrogens (tertiary/aromatic N) is 1. The fourth-order valence-corrected chi connectivity index (χ4v) is 2.73. The van der Waals surface area contributed by atoms with Crippen LogP contribution in [0.15, 0.2) is 42.6 Å². The van der Waals surface area contributed by atoms with Gasteiger partial charge in [0, 0.05) is 19.2 Å². The average molecular weight is 308 g/mol. The van der Waals surface area contributed by atoms with Crippen LogP contribution in [0.4, 0.5) is 13.2 Å². The molecule has 1 aromatic carbocycles. The number of alkyl halides is 3. The maximum atomic E-state index is 12.5. The number of aromatic nitrogens is 1. The fraction of sp³-hybridized carbons (Fsp3) is 0.312. The number of nitrogens with one attached hydrogen (secondary N) is 1. The van der Waals surface area contributed by atoms with Crippen LogP contribution in [-0.2, 0) is 19.1 Å². The molecule has 1 aromatic heterocycles. The first-order chi connectivity index (χ1) is 10.4. The summed E-state index contributed by atoms with van der Waals surface area (Å²) in [6.45, 7) is 0.300. The zero-order chi connectivity index (χ0) is 15.7. The molecule has 2 N–H and O–H groups in total. The van der Waals surface area contributed by atoms with E-state index in [0.29, 0.717) is 18.7 Å². The van der Waals surface area contributed by atoms with Gasteiger partial charge in [0.15, 0.2) is 0 Å². The summed E-state index contributed by atoms with van der Waals surface area (Å²) < 4.78 is 37.4. The van der Waals surface area contributed by atoms with Crippen LogP contribution < -0.4 is 5.32 Å². The molecule has 0 fully saturated rings. The van der Waals surface area contributed by atoms with Crippen molar-refractivity contribution < 1.29 is 18.3 Å². The van der Waals surface area contributed by atoms with Gasteiger partial charge in [-0.15, -0.1) is 0 Å². The molecular weight excluding hydrogens is 293 g/mol. The summed E-state index contributed by atoms with van der Waals surface area (Å²) in [7, 11) is 0. The standard InChI is InChI=1S/C16H15F3N2O/c17-16(18,19)11-5-6-12(20-8-11)9-21-15-13-4-2-1-3-10(13)7-14(15)22/h1-6,8,14-15,21-22H,7,9H2/t14-,15?/m1/s1. The molecule has 2 aromatic rings. The van der Waals surface area contributed by atoms with Gasteiger partial charge in [-0.25, -0.2) is 0 Å². The smallest absolute Gasteiger partial charge is 0.391 e. The second-order valence-corrected chi connectivity index (χ2v) is 5.36. The van der Waals surface area contributed by atoms with Crippen molar-refractivity contribution in [3.8, 4) is 0 Å². The molecule has 0 saturated heterocycles. The number of pyridine rings is 1. The number of benzene rings is 1. The number of fused-ring (bicyclic) bond motifs is 1. The predicted molar refractivity (Wildman–Crippen MR) is 75.0 cm³/mol. The number of hydrogen-bond acceptors (Lipinski definition) is 3. The number of aliphatic hydroxyl groups is 1.